The highest BCUT2D eigenvalue weighted by Gasteiger charge is 2.57. The molecule has 0 aliphatic carbocycles. The van der Waals surface area contributed by atoms with Gasteiger partial charge in [-0.3, -0.25) is 24.5 Å². The van der Waals surface area contributed by atoms with Crippen LogP contribution in [0.3, 0.4) is 0 Å². The quantitative estimate of drug-likeness (QED) is 0.0376. The third-order valence-electron chi connectivity index (χ3n) is 7.44. The topological polar surface area (TPSA) is 253 Å². The number of nitrogens with zero attached hydrogens (tertiary/aromatic N) is 8. The average Bonchev–Trinajstić information content (AvgIpc) is 3.80. The van der Waals surface area contributed by atoms with Crippen LogP contribution in [0.5, 0.6) is 0 Å². The third kappa shape index (κ3) is 9.32. The van der Waals surface area contributed by atoms with Crippen molar-refractivity contribution < 1.29 is 57.0 Å². The molecule has 2 saturated heterocycles. The van der Waals surface area contributed by atoms with Gasteiger partial charge in [0.15, 0.2) is 16.6 Å². The average molecular weight is 813 g/mol. The van der Waals surface area contributed by atoms with Crippen LogP contribution < -0.4 is 10.6 Å². The summed E-state index contributed by atoms with van der Waals surface area (Å²) in [5, 5.41) is 42.5. The van der Waals surface area contributed by atoms with Gasteiger partial charge in [0.25, 0.3) is 5.91 Å². The molecule has 1 aromatic carbocycles. The Morgan fingerprint density at radius 2 is 1.93 bits per heavy atom. The van der Waals surface area contributed by atoms with Crippen LogP contribution in [0.1, 0.15) is 11.3 Å². The van der Waals surface area contributed by atoms with Crippen LogP contribution in [-0.4, -0.2) is 124 Å². The van der Waals surface area contributed by atoms with Gasteiger partial charge in [0.05, 0.1) is 6.54 Å². The van der Waals surface area contributed by atoms with Crippen molar-refractivity contribution in [3.8, 4) is 0 Å². The minimum absolute atomic E-state index is 0.0234. The van der Waals surface area contributed by atoms with E-state index in [2.05, 4.69) is 42.7 Å². The fourth-order valence-corrected chi connectivity index (χ4v) is 8.15. The number of halogens is 3. The summed E-state index contributed by atoms with van der Waals surface area (Å²) >= 11 is 2.59. The van der Waals surface area contributed by atoms with Crippen molar-refractivity contribution in [2.75, 3.05) is 30.0 Å². The van der Waals surface area contributed by atoms with Gasteiger partial charge < -0.3 is 30.1 Å². The van der Waals surface area contributed by atoms with E-state index in [-0.39, 0.29) is 42.1 Å². The molecule has 19 nitrogen and oxygen atoms in total. The maximum Gasteiger partial charge on any atom is 0.471 e. The van der Waals surface area contributed by atoms with Crippen LogP contribution in [0.2, 0.25) is 0 Å². The molecule has 2 aliphatic rings. The van der Waals surface area contributed by atoms with E-state index in [9.17, 15) is 47.4 Å². The van der Waals surface area contributed by atoms with Crippen molar-refractivity contribution in [2.24, 2.45) is 15.7 Å². The Balaban J connectivity index is 1.26. The van der Waals surface area contributed by atoms with Gasteiger partial charge in [0, 0.05) is 23.4 Å². The second-order valence-electron chi connectivity index (χ2n) is 11.2. The van der Waals surface area contributed by atoms with Gasteiger partial charge in [0.1, 0.15) is 35.7 Å². The molecule has 0 bridgehead atoms. The van der Waals surface area contributed by atoms with Gasteiger partial charge >= 0.3 is 24.0 Å². The number of fused-ring (bicyclic) bond motifs is 1. The fraction of sp³-hybridized carbons (Fsp3) is 0.345. The van der Waals surface area contributed by atoms with E-state index in [1.807, 2.05) is 0 Å². The highest BCUT2D eigenvalue weighted by Crippen LogP contribution is 2.44. The van der Waals surface area contributed by atoms with Crippen molar-refractivity contribution in [1.82, 2.24) is 35.4 Å². The molecule has 2 unspecified atom stereocenters. The SMILES string of the molecule is C=CCON=C(Cn1nnnc1SCC1(C(=O)O)CS[C@@H]2C(NC(=O)C(=NOCc3ccccc3)c3csc(NC(=O)C(F)(F)F)n3)C(=O)N2C1)C(=O)O. The Morgan fingerprint density at radius 3 is 2.61 bits per heavy atom. The number of thiazole rings is 1. The Hall–Kier alpha value is -5.56. The molecule has 2 aliphatic heterocycles. The molecule has 3 aromatic rings. The molecule has 5 rings (SSSR count). The number of hydrogen-bond acceptors (Lipinski definition) is 16. The molecule has 25 heteroatoms. The summed E-state index contributed by atoms with van der Waals surface area (Å²) in [6.07, 6.45) is -3.83. The number of β-lactam (4-membered cyclic amide) rings is 1. The van der Waals surface area contributed by atoms with Gasteiger partial charge in [-0.05, 0) is 16.0 Å². The van der Waals surface area contributed by atoms with Crippen molar-refractivity contribution in [1.29, 1.82) is 0 Å². The number of aliphatic carboxylic acids is 2. The summed E-state index contributed by atoms with van der Waals surface area (Å²) in [6.45, 7) is 2.63. The molecule has 2 aromatic heterocycles. The standard InChI is InChI=1S/C29H27F3N10O9S3/c1-2-8-50-37-16(23(45)46)9-42-27(36-39-40-42)54-14-28(25(48)49)12-41-21(44)19(22(41)53-13-28)34-20(43)18(38-51-10-15-6-4-3-5-7-15)17-11-52-26(33-17)35-24(47)29(30,31)32/h2-7,11,19,22H,1,8-10,12-14H2,(H,34,43)(H,45,46)(H,48,49)(H,33,35,47)/t19?,22-,28?/m1/s1. The molecule has 4 heterocycles. The number of carboxylic acids is 2. The van der Waals surface area contributed by atoms with E-state index in [1.165, 1.54) is 16.4 Å². The van der Waals surface area contributed by atoms with Crippen molar-refractivity contribution in [3.63, 3.8) is 0 Å². The monoisotopic (exact) mass is 812 g/mol. The number of nitrogens with one attached hydrogen (secondary N) is 2. The first-order valence-corrected chi connectivity index (χ1v) is 18.1. The summed E-state index contributed by atoms with van der Waals surface area (Å²) in [5.74, 6) is -6.66. The molecular formula is C29H27F3N10O9S3. The van der Waals surface area contributed by atoms with E-state index >= 15 is 0 Å². The number of alkyl halides is 3. The van der Waals surface area contributed by atoms with Crippen LogP contribution in [0.4, 0.5) is 18.3 Å². The lowest BCUT2D eigenvalue weighted by atomic mass is 9.89. The van der Waals surface area contributed by atoms with Crippen LogP contribution in [0, 0.1) is 5.41 Å². The van der Waals surface area contributed by atoms with Crippen molar-refractivity contribution in [2.45, 2.75) is 35.9 Å². The first-order chi connectivity index (χ1) is 25.7. The number of rotatable bonds is 17. The van der Waals surface area contributed by atoms with Crippen LogP contribution in [0.15, 0.2) is 63.8 Å². The Labute approximate surface area is 314 Å². The fourth-order valence-electron chi connectivity index (χ4n) is 4.72. The lowest BCUT2D eigenvalue weighted by Gasteiger charge is -2.53. The number of carbonyl (C=O) groups is 5. The zero-order chi connectivity index (χ0) is 39.0. The highest BCUT2D eigenvalue weighted by molar-refractivity contribution is 8.00. The zero-order valence-corrected chi connectivity index (χ0v) is 29.8. The molecule has 286 valence electrons. The summed E-state index contributed by atoms with van der Waals surface area (Å²) in [6, 6.07) is 7.53. The van der Waals surface area contributed by atoms with E-state index in [0.29, 0.717) is 16.9 Å². The predicted octanol–water partition coefficient (Wildman–Crippen LogP) is 1.46. The number of tetrazole rings is 1. The van der Waals surface area contributed by atoms with E-state index in [4.69, 9.17) is 9.68 Å². The molecule has 54 heavy (non-hydrogen) atoms. The summed E-state index contributed by atoms with van der Waals surface area (Å²) in [4.78, 5) is 77.8. The predicted molar refractivity (Wildman–Crippen MR) is 184 cm³/mol. The number of amides is 3. The minimum atomic E-state index is -5.19. The number of carboxylic acid groups (broad SMARTS) is 2. The zero-order valence-electron chi connectivity index (χ0n) is 27.3. The molecule has 0 radical (unpaired) electrons. The smallest absolute Gasteiger partial charge is 0.471 e. The number of anilines is 1. The van der Waals surface area contributed by atoms with Crippen LogP contribution in [0.25, 0.3) is 0 Å². The van der Waals surface area contributed by atoms with Crippen LogP contribution in [-0.2, 0) is 46.8 Å². The number of benzene rings is 1. The van der Waals surface area contributed by atoms with Gasteiger partial charge in [-0.2, -0.15) is 13.2 Å². The normalized spacial score (nSPS) is 20.0. The highest BCUT2D eigenvalue weighted by atomic mass is 32.2. The van der Waals surface area contributed by atoms with Gasteiger partial charge in [-0.25, -0.2) is 14.5 Å². The lowest BCUT2D eigenvalue weighted by Crippen LogP contribution is -2.74. The van der Waals surface area contributed by atoms with Crippen LogP contribution >= 0.6 is 34.9 Å². The lowest BCUT2D eigenvalue weighted by molar-refractivity contribution is -0.167. The maximum atomic E-state index is 13.5. The molecular weight excluding hydrogens is 786 g/mol. The molecule has 2 fully saturated rings. The Kier molecular flexibility index (Phi) is 12.5. The van der Waals surface area contributed by atoms with Crippen molar-refractivity contribution in [3.05, 3.63) is 59.6 Å². The summed E-state index contributed by atoms with van der Waals surface area (Å²) in [7, 11) is 0. The Morgan fingerprint density at radius 1 is 1.17 bits per heavy atom. The van der Waals surface area contributed by atoms with E-state index in [1.54, 1.807) is 35.6 Å². The maximum absolute atomic E-state index is 13.5. The van der Waals surface area contributed by atoms with Gasteiger partial charge in [-0.1, -0.05) is 65.1 Å². The molecule has 3 amide bonds. The van der Waals surface area contributed by atoms with Gasteiger partial charge in [0.2, 0.25) is 11.1 Å². The number of thioether (sulfide) groups is 2. The number of carbonyl (C=O) groups excluding carboxylic acids is 3. The first-order valence-electron chi connectivity index (χ1n) is 15.2. The molecule has 0 saturated carbocycles. The van der Waals surface area contributed by atoms with E-state index < -0.39 is 75.8 Å². The third-order valence-corrected chi connectivity index (χ3v) is 11.0. The summed E-state index contributed by atoms with van der Waals surface area (Å²) in [5.41, 5.74) is -2.03. The second kappa shape index (κ2) is 17.1. The number of aromatic nitrogens is 5. The number of hydrogen-bond donors (Lipinski definition) is 4. The molecule has 0 spiro atoms. The number of oxime groups is 2. The summed E-state index contributed by atoms with van der Waals surface area (Å²) < 4.78 is 39.5. The molecule has 3 atom stereocenters. The first kappa shape index (κ1) is 39.6. The Bertz CT molecular complexity index is 1980. The van der Waals surface area contributed by atoms with E-state index in [0.717, 1.165) is 28.2 Å². The second-order valence-corrected chi connectivity index (χ2v) is 14.1. The largest absolute Gasteiger partial charge is 0.481 e. The molecule has 4 N–H and O–H groups in total. The minimum Gasteiger partial charge on any atom is -0.481 e. The van der Waals surface area contributed by atoms with Gasteiger partial charge in [-0.15, -0.1) is 28.2 Å². The van der Waals surface area contributed by atoms with Crippen molar-refractivity contribution >= 4 is 81.1 Å².